The number of hydrogen-bond acceptors (Lipinski definition) is 6. The number of carbonyl (C=O) groups excluding carboxylic acids is 1. The summed E-state index contributed by atoms with van der Waals surface area (Å²) in [6, 6.07) is 18.1. The Kier molecular flexibility index (Phi) is 6.94. The number of thiazole rings is 1. The zero-order chi connectivity index (χ0) is 21.6. The molecule has 2 aromatic heterocycles. The third kappa shape index (κ3) is 5.29. The van der Waals surface area contributed by atoms with Crippen molar-refractivity contribution in [2.45, 2.75) is 38.1 Å². The molecule has 0 fully saturated rings. The van der Waals surface area contributed by atoms with Gasteiger partial charge in [-0.15, -0.1) is 21.5 Å². The highest BCUT2D eigenvalue weighted by Gasteiger charge is 2.16. The summed E-state index contributed by atoms with van der Waals surface area (Å²) < 4.78 is 1.00. The Balaban J connectivity index is 1.45. The molecule has 0 saturated carbocycles. The third-order valence-corrected chi connectivity index (χ3v) is 6.77. The average Bonchev–Trinajstić information content (AvgIpc) is 3.19. The minimum absolute atomic E-state index is 0.0691. The van der Waals surface area contributed by atoms with Crippen molar-refractivity contribution in [2.75, 3.05) is 11.1 Å². The van der Waals surface area contributed by atoms with E-state index in [4.69, 9.17) is 0 Å². The van der Waals surface area contributed by atoms with Gasteiger partial charge in [0, 0.05) is 11.3 Å². The van der Waals surface area contributed by atoms with Crippen LogP contribution in [0.25, 0.3) is 21.5 Å². The summed E-state index contributed by atoms with van der Waals surface area (Å²) in [5.74, 6) is 0.183. The Morgan fingerprint density at radius 1 is 1.06 bits per heavy atom. The Morgan fingerprint density at radius 3 is 2.58 bits per heavy atom. The lowest BCUT2D eigenvalue weighted by Gasteiger charge is -2.07. The van der Waals surface area contributed by atoms with Gasteiger partial charge in [-0.05, 0) is 37.5 Å². The average molecular weight is 449 g/mol. The van der Waals surface area contributed by atoms with Gasteiger partial charge in [0.15, 0.2) is 0 Å². The minimum Gasteiger partial charge on any atom is -0.325 e. The number of anilines is 1. The molecule has 0 atom stereocenters. The van der Waals surface area contributed by atoms with Gasteiger partial charge in [-0.2, -0.15) is 0 Å². The number of aromatic nitrogens is 3. The molecule has 31 heavy (non-hydrogen) atoms. The maximum atomic E-state index is 12.5. The van der Waals surface area contributed by atoms with Gasteiger partial charge in [-0.25, -0.2) is 4.98 Å². The maximum Gasteiger partial charge on any atom is 0.234 e. The van der Waals surface area contributed by atoms with Crippen molar-refractivity contribution in [3.63, 3.8) is 0 Å². The number of nitrogens with zero attached hydrogens (tertiary/aromatic N) is 3. The highest BCUT2D eigenvalue weighted by atomic mass is 32.2. The molecule has 0 aliphatic heterocycles. The number of unbranched alkanes of at least 4 members (excludes halogenated alkanes) is 1. The summed E-state index contributed by atoms with van der Waals surface area (Å²) in [5, 5.41) is 13.4. The van der Waals surface area contributed by atoms with Crippen molar-refractivity contribution in [1.82, 2.24) is 15.2 Å². The van der Waals surface area contributed by atoms with Gasteiger partial charge in [-0.1, -0.05) is 67.6 Å². The van der Waals surface area contributed by atoms with Gasteiger partial charge in [0.2, 0.25) is 5.91 Å². The van der Waals surface area contributed by atoms with Crippen LogP contribution in [0, 0.1) is 6.92 Å². The van der Waals surface area contributed by atoms with Crippen molar-refractivity contribution < 1.29 is 4.79 Å². The van der Waals surface area contributed by atoms with Crippen LogP contribution >= 0.6 is 23.1 Å². The fourth-order valence-electron chi connectivity index (χ4n) is 3.27. The molecule has 0 bridgehead atoms. The maximum absolute atomic E-state index is 12.5. The molecule has 5 nitrogen and oxygen atoms in total. The molecule has 0 unspecified atom stereocenters. The van der Waals surface area contributed by atoms with Crippen LogP contribution in [0.2, 0.25) is 0 Å². The molecule has 7 heteroatoms. The number of nitrogens with one attached hydrogen (secondary N) is 1. The lowest BCUT2D eigenvalue weighted by atomic mass is 10.1. The molecule has 0 radical (unpaired) electrons. The molecule has 2 aromatic carbocycles. The molecule has 0 aliphatic carbocycles. The Labute approximate surface area is 190 Å². The van der Waals surface area contributed by atoms with Crippen molar-refractivity contribution in [1.29, 1.82) is 0 Å². The fraction of sp³-hybridized carbons (Fsp3) is 0.250. The van der Waals surface area contributed by atoms with Gasteiger partial charge < -0.3 is 5.32 Å². The number of rotatable bonds is 8. The minimum atomic E-state index is -0.0691. The first-order valence-electron chi connectivity index (χ1n) is 10.3. The number of amides is 1. The third-order valence-electron chi connectivity index (χ3n) is 4.84. The quantitative estimate of drug-likeness (QED) is 0.328. The van der Waals surface area contributed by atoms with Gasteiger partial charge in [0.05, 0.1) is 15.5 Å². The van der Waals surface area contributed by atoms with Crippen molar-refractivity contribution in [2.24, 2.45) is 0 Å². The van der Waals surface area contributed by atoms with Gasteiger partial charge in [-0.3, -0.25) is 4.79 Å². The van der Waals surface area contributed by atoms with Gasteiger partial charge in [0.1, 0.15) is 16.2 Å². The molecule has 1 amide bonds. The standard InChI is InChI=1S/C24H24N4OS2/c1-3-4-8-17-11-13-19(14-12-17)26-20(29)15-30-24-22-23(31-16(2)25-22)21(27-28-24)18-9-6-5-7-10-18/h5-7,9-14H,3-4,8,15H2,1-2H3,(H,26,29). The first-order valence-corrected chi connectivity index (χ1v) is 12.1. The van der Waals surface area contributed by atoms with E-state index in [0.29, 0.717) is 5.03 Å². The molecule has 1 N–H and O–H groups in total. The number of fused-ring (bicyclic) bond motifs is 1. The van der Waals surface area contributed by atoms with Crippen LogP contribution in [0.3, 0.4) is 0 Å². The van der Waals surface area contributed by atoms with E-state index >= 15 is 0 Å². The number of aryl methyl sites for hydroxylation is 2. The molecule has 0 spiro atoms. The Hall–Kier alpha value is -2.77. The lowest BCUT2D eigenvalue weighted by Crippen LogP contribution is -2.14. The normalized spacial score (nSPS) is 11.0. The summed E-state index contributed by atoms with van der Waals surface area (Å²) in [4.78, 5) is 17.1. The zero-order valence-electron chi connectivity index (χ0n) is 17.6. The van der Waals surface area contributed by atoms with Crippen molar-refractivity contribution in [3.8, 4) is 11.3 Å². The van der Waals surface area contributed by atoms with E-state index in [-0.39, 0.29) is 11.7 Å². The summed E-state index contributed by atoms with van der Waals surface area (Å²) in [6.45, 7) is 4.16. The second kappa shape index (κ2) is 10.0. The van der Waals surface area contributed by atoms with E-state index in [2.05, 4.69) is 39.6 Å². The highest BCUT2D eigenvalue weighted by Crippen LogP contribution is 2.35. The highest BCUT2D eigenvalue weighted by molar-refractivity contribution is 8.00. The van der Waals surface area contributed by atoms with Crippen LogP contribution in [0.15, 0.2) is 59.6 Å². The molecule has 0 saturated heterocycles. The molecule has 158 valence electrons. The fourth-order valence-corrected chi connectivity index (χ4v) is 4.98. The molecule has 4 rings (SSSR count). The Morgan fingerprint density at radius 2 is 1.84 bits per heavy atom. The largest absolute Gasteiger partial charge is 0.325 e. The van der Waals surface area contributed by atoms with E-state index in [1.54, 1.807) is 11.3 Å². The summed E-state index contributed by atoms with van der Waals surface area (Å²) in [7, 11) is 0. The van der Waals surface area contributed by atoms with Crippen LogP contribution in [0.5, 0.6) is 0 Å². The SMILES string of the molecule is CCCCc1ccc(NC(=O)CSc2nnc(-c3ccccc3)c3sc(C)nc23)cc1. The van der Waals surface area contributed by atoms with Crippen LogP contribution in [-0.2, 0) is 11.2 Å². The van der Waals surface area contributed by atoms with Crippen LogP contribution in [0.1, 0.15) is 30.3 Å². The predicted octanol–water partition coefficient (Wildman–Crippen LogP) is 6.14. The Bertz CT molecular complexity index is 1170. The van der Waals surface area contributed by atoms with Crippen molar-refractivity contribution in [3.05, 3.63) is 65.2 Å². The summed E-state index contributed by atoms with van der Waals surface area (Å²) >= 11 is 2.97. The van der Waals surface area contributed by atoms with E-state index in [1.165, 1.54) is 30.2 Å². The predicted molar refractivity (Wildman–Crippen MR) is 130 cm³/mol. The topological polar surface area (TPSA) is 67.8 Å². The summed E-state index contributed by atoms with van der Waals surface area (Å²) in [6.07, 6.45) is 3.43. The number of thioether (sulfide) groups is 1. The van der Waals surface area contributed by atoms with Gasteiger partial charge >= 0.3 is 0 Å². The second-order valence-corrected chi connectivity index (χ2v) is 9.43. The van der Waals surface area contributed by atoms with Crippen LogP contribution in [-0.4, -0.2) is 26.8 Å². The van der Waals surface area contributed by atoms with E-state index in [1.807, 2.05) is 49.4 Å². The second-order valence-electron chi connectivity index (χ2n) is 7.27. The first-order chi connectivity index (χ1) is 15.1. The number of carbonyl (C=O) groups is 1. The summed E-state index contributed by atoms with van der Waals surface area (Å²) in [5.41, 5.74) is 4.77. The van der Waals surface area contributed by atoms with Crippen LogP contribution < -0.4 is 5.32 Å². The van der Waals surface area contributed by atoms with E-state index in [9.17, 15) is 4.79 Å². The smallest absolute Gasteiger partial charge is 0.234 e. The number of benzene rings is 2. The molecular weight excluding hydrogens is 424 g/mol. The molecule has 2 heterocycles. The van der Waals surface area contributed by atoms with E-state index in [0.717, 1.165) is 38.6 Å². The van der Waals surface area contributed by atoms with Gasteiger partial charge in [0.25, 0.3) is 0 Å². The zero-order valence-corrected chi connectivity index (χ0v) is 19.2. The van der Waals surface area contributed by atoms with E-state index < -0.39 is 0 Å². The monoisotopic (exact) mass is 448 g/mol. The lowest BCUT2D eigenvalue weighted by molar-refractivity contribution is -0.113. The van der Waals surface area contributed by atoms with Crippen LogP contribution in [0.4, 0.5) is 5.69 Å². The first kappa shape index (κ1) is 21.5. The molecule has 4 aromatic rings. The molecular formula is C24H24N4OS2. The van der Waals surface area contributed by atoms with Crippen molar-refractivity contribution >= 4 is 44.9 Å². The molecule has 0 aliphatic rings. The number of hydrogen-bond donors (Lipinski definition) is 1.